The van der Waals surface area contributed by atoms with E-state index >= 15 is 0 Å². The largest absolute Gasteiger partial charge is 0.382 e. The first-order valence-electron chi connectivity index (χ1n) is 6.17. The quantitative estimate of drug-likeness (QED) is 0.607. The number of hydrogen-bond donors (Lipinski definition) is 1. The molecule has 0 aliphatic heterocycles. The van der Waals surface area contributed by atoms with E-state index in [9.17, 15) is 0 Å². The lowest BCUT2D eigenvalue weighted by molar-refractivity contribution is 0.966. The molecule has 7 nitrogen and oxygen atoms in total. The minimum absolute atomic E-state index is 0.351. The monoisotopic (exact) mass is 295 g/mol. The molecule has 3 heterocycles. The summed E-state index contributed by atoms with van der Waals surface area (Å²) in [6.45, 7) is 0. The third-order valence-corrected chi connectivity index (χ3v) is 3.86. The first-order valence-corrected chi connectivity index (χ1v) is 6.99. The Hall–Kier alpha value is -2.87. The zero-order valence-electron chi connectivity index (χ0n) is 10.7. The number of rotatable bonds is 2. The molecule has 0 radical (unpaired) electrons. The fourth-order valence-corrected chi connectivity index (χ4v) is 2.84. The van der Waals surface area contributed by atoms with E-state index in [-0.39, 0.29) is 0 Å². The van der Waals surface area contributed by atoms with Gasteiger partial charge in [-0.3, -0.25) is 0 Å². The maximum absolute atomic E-state index is 5.84. The van der Waals surface area contributed by atoms with Crippen molar-refractivity contribution in [1.29, 1.82) is 0 Å². The molecular weight excluding hydrogens is 286 g/mol. The molecular formula is C13H9N7S. The second kappa shape index (κ2) is 4.60. The number of anilines is 1. The van der Waals surface area contributed by atoms with Crippen LogP contribution in [0.25, 0.3) is 27.1 Å². The van der Waals surface area contributed by atoms with Crippen LogP contribution in [-0.4, -0.2) is 29.8 Å². The molecule has 21 heavy (non-hydrogen) atoms. The van der Waals surface area contributed by atoms with Gasteiger partial charge in [-0.05, 0) is 0 Å². The molecule has 0 unspecified atom stereocenters. The van der Waals surface area contributed by atoms with Crippen LogP contribution < -0.4 is 5.73 Å². The Bertz CT molecular complexity index is 913. The van der Waals surface area contributed by atoms with Gasteiger partial charge in [0.15, 0.2) is 16.6 Å². The standard InChI is InChI=1S/C13H9N7S/c14-10-9(15-6-7-16-10)12-19-20-11(17-18-13(20)21-12)8-4-2-1-3-5-8/h1-7H,(H2,14,16). The smallest absolute Gasteiger partial charge is 0.235 e. The van der Waals surface area contributed by atoms with E-state index in [2.05, 4.69) is 25.3 Å². The zero-order chi connectivity index (χ0) is 14.2. The summed E-state index contributed by atoms with van der Waals surface area (Å²) in [7, 11) is 0. The lowest BCUT2D eigenvalue weighted by Gasteiger charge is -1.98. The van der Waals surface area contributed by atoms with Crippen LogP contribution in [-0.2, 0) is 0 Å². The molecule has 4 aromatic rings. The van der Waals surface area contributed by atoms with Gasteiger partial charge in [-0.25, -0.2) is 9.97 Å². The highest BCUT2D eigenvalue weighted by atomic mass is 32.1. The van der Waals surface area contributed by atoms with Gasteiger partial charge in [-0.1, -0.05) is 41.7 Å². The first-order chi connectivity index (χ1) is 10.3. The maximum Gasteiger partial charge on any atom is 0.235 e. The van der Waals surface area contributed by atoms with Crippen LogP contribution in [0.5, 0.6) is 0 Å². The van der Waals surface area contributed by atoms with Crippen molar-refractivity contribution < 1.29 is 0 Å². The number of nitrogens with zero attached hydrogens (tertiary/aromatic N) is 6. The number of aromatic nitrogens is 6. The van der Waals surface area contributed by atoms with Gasteiger partial charge in [0.05, 0.1) is 0 Å². The molecule has 0 spiro atoms. The van der Waals surface area contributed by atoms with Crippen molar-refractivity contribution in [3.8, 4) is 22.1 Å². The average molecular weight is 295 g/mol. The first kappa shape index (κ1) is 11.9. The molecule has 0 saturated carbocycles. The third kappa shape index (κ3) is 1.93. The van der Waals surface area contributed by atoms with Crippen molar-refractivity contribution >= 4 is 22.1 Å². The molecule has 2 N–H and O–H groups in total. The Labute approximate surface area is 123 Å². The van der Waals surface area contributed by atoms with Crippen LogP contribution in [0.15, 0.2) is 42.7 Å². The number of nitrogens with two attached hydrogens (primary N) is 1. The van der Waals surface area contributed by atoms with Crippen LogP contribution in [0.2, 0.25) is 0 Å². The molecule has 0 fully saturated rings. The Balaban J connectivity index is 1.89. The van der Waals surface area contributed by atoms with Crippen molar-refractivity contribution in [2.45, 2.75) is 0 Å². The van der Waals surface area contributed by atoms with Crippen molar-refractivity contribution in [3.63, 3.8) is 0 Å². The fourth-order valence-electron chi connectivity index (χ4n) is 1.99. The van der Waals surface area contributed by atoms with Crippen molar-refractivity contribution in [2.75, 3.05) is 5.73 Å². The van der Waals surface area contributed by atoms with Gasteiger partial charge in [-0.15, -0.1) is 10.2 Å². The summed E-state index contributed by atoms with van der Waals surface area (Å²) in [6, 6.07) is 9.78. The minimum atomic E-state index is 0.351. The predicted octanol–water partition coefficient (Wildman–Crippen LogP) is 1.89. The summed E-state index contributed by atoms with van der Waals surface area (Å²) in [6.07, 6.45) is 3.14. The lowest BCUT2D eigenvalue weighted by Crippen LogP contribution is -1.97. The summed E-state index contributed by atoms with van der Waals surface area (Å²) in [4.78, 5) is 8.94. The Morgan fingerprint density at radius 1 is 1.00 bits per heavy atom. The highest BCUT2D eigenvalue weighted by Crippen LogP contribution is 2.28. The number of nitrogen functional groups attached to an aromatic ring is 1. The highest BCUT2D eigenvalue weighted by Gasteiger charge is 2.16. The molecule has 0 saturated heterocycles. The molecule has 8 heteroatoms. The van der Waals surface area contributed by atoms with Gasteiger partial charge in [0.2, 0.25) is 4.96 Å². The summed E-state index contributed by atoms with van der Waals surface area (Å²) < 4.78 is 1.70. The van der Waals surface area contributed by atoms with Crippen LogP contribution in [0.1, 0.15) is 0 Å². The van der Waals surface area contributed by atoms with E-state index in [1.54, 1.807) is 16.9 Å². The second-order valence-electron chi connectivity index (χ2n) is 4.28. The number of benzene rings is 1. The lowest BCUT2D eigenvalue weighted by atomic mass is 10.2. The Morgan fingerprint density at radius 2 is 1.81 bits per heavy atom. The Morgan fingerprint density at radius 3 is 2.62 bits per heavy atom. The normalized spacial score (nSPS) is 11.0. The topological polar surface area (TPSA) is 94.9 Å². The zero-order valence-corrected chi connectivity index (χ0v) is 11.5. The molecule has 102 valence electrons. The van der Waals surface area contributed by atoms with Gasteiger partial charge in [-0.2, -0.15) is 9.61 Å². The molecule has 4 rings (SSSR count). The van der Waals surface area contributed by atoms with Gasteiger partial charge in [0.1, 0.15) is 5.69 Å². The molecule has 0 atom stereocenters. The van der Waals surface area contributed by atoms with Crippen molar-refractivity contribution in [1.82, 2.24) is 29.8 Å². The summed E-state index contributed by atoms with van der Waals surface area (Å²) in [5.41, 5.74) is 7.35. The Kier molecular flexibility index (Phi) is 2.61. The fraction of sp³-hybridized carbons (Fsp3) is 0. The average Bonchev–Trinajstić information content (AvgIpc) is 3.08. The number of fused-ring (bicyclic) bond motifs is 1. The molecule has 0 aliphatic rings. The highest BCUT2D eigenvalue weighted by molar-refractivity contribution is 7.19. The predicted molar refractivity (Wildman–Crippen MR) is 79.5 cm³/mol. The summed E-state index contributed by atoms with van der Waals surface area (Å²) in [5, 5.41) is 13.5. The second-order valence-corrected chi connectivity index (χ2v) is 5.24. The van der Waals surface area contributed by atoms with Gasteiger partial charge in [0.25, 0.3) is 0 Å². The van der Waals surface area contributed by atoms with Gasteiger partial charge >= 0.3 is 0 Å². The van der Waals surface area contributed by atoms with E-state index in [0.717, 1.165) is 5.56 Å². The van der Waals surface area contributed by atoms with E-state index in [0.29, 0.717) is 27.3 Å². The SMILES string of the molecule is Nc1nccnc1-c1nn2c(-c3ccccc3)nnc2s1. The maximum atomic E-state index is 5.84. The molecule has 0 amide bonds. The van der Waals surface area contributed by atoms with Crippen LogP contribution >= 0.6 is 11.3 Å². The molecule has 0 bridgehead atoms. The van der Waals surface area contributed by atoms with Crippen LogP contribution in [0, 0.1) is 0 Å². The van der Waals surface area contributed by atoms with Crippen molar-refractivity contribution in [3.05, 3.63) is 42.7 Å². The summed E-state index contributed by atoms with van der Waals surface area (Å²) in [5.74, 6) is 1.04. The molecule has 0 aliphatic carbocycles. The summed E-state index contributed by atoms with van der Waals surface area (Å²) >= 11 is 1.38. The van der Waals surface area contributed by atoms with E-state index in [4.69, 9.17) is 5.73 Å². The molecule has 3 aromatic heterocycles. The van der Waals surface area contributed by atoms with E-state index < -0.39 is 0 Å². The van der Waals surface area contributed by atoms with Crippen molar-refractivity contribution in [2.24, 2.45) is 0 Å². The van der Waals surface area contributed by atoms with Gasteiger partial charge in [0, 0.05) is 18.0 Å². The minimum Gasteiger partial charge on any atom is -0.382 e. The van der Waals surface area contributed by atoms with Gasteiger partial charge < -0.3 is 5.73 Å². The number of hydrogen-bond acceptors (Lipinski definition) is 7. The van der Waals surface area contributed by atoms with E-state index in [1.807, 2.05) is 30.3 Å². The third-order valence-electron chi connectivity index (χ3n) is 2.95. The van der Waals surface area contributed by atoms with Crippen LogP contribution in [0.3, 0.4) is 0 Å². The van der Waals surface area contributed by atoms with Crippen LogP contribution in [0.4, 0.5) is 5.82 Å². The molecule has 1 aromatic carbocycles. The van der Waals surface area contributed by atoms with E-state index in [1.165, 1.54) is 11.3 Å².